The maximum atomic E-state index is 12.9. The molecule has 0 saturated heterocycles. The van der Waals surface area contributed by atoms with Gasteiger partial charge >= 0.3 is 11.8 Å². The Hall–Kier alpha value is -2.52. The molecule has 0 unspecified atom stereocenters. The van der Waals surface area contributed by atoms with Crippen LogP contribution in [-0.4, -0.2) is 8.42 Å². The molecule has 0 fully saturated rings. The van der Waals surface area contributed by atoms with E-state index in [0.29, 0.717) is 23.1 Å². The fourth-order valence-corrected chi connectivity index (χ4v) is 4.06. The fourth-order valence-electron chi connectivity index (χ4n) is 2.48. The van der Waals surface area contributed by atoms with Crippen LogP contribution in [0.1, 0.15) is 11.1 Å². The third-order valence-corrected chi connectivity index (χ3v) is 5.61. The first-order chi connectivity index (χ1) is 12.5. The van der Waals surface area contributed by atoms with Crippen LogP contribution in [0.25, 0.3) is 11.0 Å². The number of nitrogens with one attached hydrogen (secondary N) is 1. The fraction of sp³-hybridized carbons (Fsp3) is 0.118. The lowest BCUT2D eigenvalue weighted by molar-refractivity contribution is -0.137. The first kappa shape index (κ1) is 19.2. The number of alkyl halides is 3. The summed E-state index contributed by atoms with van der Waals surface area (Å²) >= 11 is 5.79. The van der Waals surface area contributed by atoms with Gasteiger partial charge in [0.1, 0.15) is 10.5 Å². The number of anilines is 1. The lowest BCUT2D eigenvalue weighted by atomic mass is 10.1. The monoisotopic (exact) mass is 417 g/mol. The van der Waals surface area contributed by atoms with E-state index in [1.165, 1.54) is 24.3 Å². The van der Waals surface area contributed by atoms with Crippen molar-refractivity contribution in [3.63, 3.8) is 0 Å². The summed E-state index contributed by atoms with van der Waals surface area (Å²) in [5.41, 5.74) is -0.981. The second kappa shape index (κ2) is 6.58. The van der Waals surface area contributed by atoms with E-state index in [0.717, 1.165) is 6.07 Å². The van der Waals surface area contributed by atoms with Gasteiger partial charge in [-0.3, -0.25) is 4.72 Å². The molecule has 1 N–H and O–H groups in total. The summed E-state index contributed by atoms with van der Waals surface area (Å²) < 4.78 is 70.8. The number of sulfonamides is 1. The predicted octanol–water partition coefficient (Wildman–Crippen LogP) is 4.57. The van der Waals surface area contributed by atoms with Crippen molar-refractivity contribution in [1.82, 2.24) is 0 Å². The van der Waals surface area contributed by atoms with Crippen molar-refractivity contribution in [2.45, 2.75) is 18.0 Å². The highest BCUT2D eigenvalue weighted by atomic mass is 35.5. The molecule has 0 spiro atoms. The summed E-state index contributed by atoms with van der Waals surface area (Å²) in [6, 6.07) is 7.48. The highest BCUT2D eigenvalue weighted by Crippen LogP contribution is 2.34. The molecule has 0 saturated carbocycles. The van der Waals surface area contributed by atoms with Crippen LogP contribution < -0.4 is 10.3 Å². The molecular weight excluding hydrogens is 407 g/mol. The number of hydrogen-bond acceptors (Lipinski definition) is 4. The minimum absolute atomic E-state index is 0.00438. The molecule has 10 heteroatoms. The smallest absolute Gasteiger partial charge is 0.416 e. The Balaban J connectivity index is 2.05. The van der Waals surface area contributed by atoms with Crippen LogP contribution in [-0.2, 0) is 16.2 Å². The molecule has 0 aliphatic rings. The summed E-state index contributed by atoms with van der Waals surface area (Å²) in [7, 11) is -4.42. The van der Waals surface area contributed by atoms with Gasteiger partial charge in [0.05, 0.1) is 16.3 Å². The topological polar surface area (TPSA) is 76.4 Å². The molecule has 0 bridgehead atoms. The molecule has 3 aromatic rings. The van der Waals surface area contributed by atoms with Gasteiger partial charge in [0, 0.05) is 17.5 Å². The minimum Gasteiger partial charge on any atom is -0.423 e. The first-order valence-electron chi connectivity index (χ1n) is 7.41. The van der Waals surface area contributed by atoms with Crippen LogP contribution in [0.3, 0.4) is 0 Å². The summed E-state index contributed by atoms with van der Waals surface area (Å²) in [6.07, 6.45) is -4.72. The average Bonchev–Trinajstić information content (AvgIpc) is 2.52. The minimum atomic E-state index is -4.72. The maximum absolute atomic E-state index is 12.9. The lowest BCUT2D eigenvalue weighted by Gasteiger charge is -2.13. The van der Waals surface area contributed by atoms with E-state index < -0.39 is 32.3 Å². The number of hydrogen-bond donors (Lipinski definition) is 1. The van der Waals surface area contributed by atoms with Crippen molar-refractivity contribution in [2.75, 3.05) is 4.72 Å². The van der Waals surface area contributed by atoms with Crippen LogP contribution in [0.2, 0.25) is 5.02 Å². The van der Waals surface area contributed by atoms with Crippen LogP contribution in [0, 0.1) is 6.92 Å². The number of rotatable bonds is 3. The van der Waals surface area contributed by atoms with Crippen molar-refractivity contribution in [3.8, 4) is 0 Å². The van der Waals surface area contributed by atoms with E-state index in [-0.39, 0.29) is 16.3 Å². The van der Waals surface area contributed by atoms with Gasteiger partial charge in [-0.25, -0.2) is 13.2 Å². The Morgan fingerprint density at radius 1 is 1.07 bits per heavy atom. The molecule has 2 aromatic carbocycles. The van der Waals surface area contributed by atoms with Crippen LogP contribution >= 0.6 is 11.6 Å². The number of fused-ring (bicyclic) bond motifs is 1. The normalized spacial score (nSPS) is 12.3. The number of benzene rings is 2. The van der Waals surface area contributed by atoms with Crippen molar-refractivity contribution in [2.24, 2.45) is 0 Å². The lowest BCUT2D eigenvalue weighted by Crippen LogP contribution is -2.15. The van der Waals surface area contributed by atoms with Crippen LogP contribution in [0.5, 0.6) is 0 Å². The molecule has 0 amide bonds. The van der Waals surface area contributed by atoms with Gasteiger partial charge in [-0.2, -0.15) is 13.2 Å². The van der Waals surface area contributed by atoms with E-state index >= 15 is 0 Å². The molecule has 0 radical (unpaired) electrons. The largest absolute Gasteiger partial charge is 0.423 e. The van der Waals surface area contributed by atoms with E-state index in [9.17, 15) is 26.4 Å². The molecule has 27 heavy (non-hydrogen) atoms. The third-order valence-electron chi connectivity index (χ3n) is 3.75. The number of aryl methyl sites for hydroxylation is 1. The highest BCUT2D eigenvalue weighted by Gasteiger charge is 2.32. The highest BCUT2D eigenvalue weighted by molar-refractivity contribution is 7.92. The zero-order chi connectivity index (χ0) is 20.0. The second-order valence-corrected chi connectivity index (χ2v) is 7.77. The summed E-state index contributed by atoms with van der Waals surface area (Å²) in [5.74, 6) is 0. The van der Waals surface area contributed by atoms with Crippen molar-refractivity contribution < 1.29 is 26.0 Å². The Kier molecular flexibility index (Phi) is 4.69. The molecule has 1 aromatic heterocycles. The Labute approximate surface area is 156 Å². The maximum Gasteiger partial charge on any atom is 0.416 e. The van der Waals surface area contributed by atoms with Crippen LogP contribution in [0.4, 0.5) is 18.9 Å². The van der Waals surface area contributed by atoms with Gasteiger partial charge in [-0.15, -0.1) is 0 Å². The summed E-state index contributed by atoms with van der Waals surface area (Å²) in [6.45, 7) is 1.69. The van der Waals surface area contributed by atoms with Gasteiger partial charge in [0.2, 0.25) is 0 Å². The molecule has 1 heterocycles. The molecule has 0 aliphatic heterocycles. The van der Waals surface area contributed by atoms with Crippen molar-refractivity contribution in [3.05, 3.63) is 69.0 Å². The predicted molar refractivity (Wildman–Crippen MR) is 94.5 cm³/mol. The summed E-state index contributed by atoms with van der Waals surface area (Å²) in [5, 5.41) is 0.230. The van der Waals surface area contributed by atoms with Gasteiger partial charge in [-0.1, -0.05) is 11.6 Å². The summed E-state index contributed by atoms with van der Waals surface area (Å²) in [4.78, 5) is 10.8. The van der Waals surface area contributed by atoms with Gasteiger partial charge < -0.3 is 4.42 Å². The third kappa shape index (κ3) is 3.93. The molecule has 0 atom stereocenters. The number of halogens is 4. The Morgan fingerprint density at radius 2 is 1.78 bits per heavy atom. The Morgan fingerprint density at radius 3 is 2.44 bits per heavy atom. The van der Waals surface area contributed by atoms with Gasteiger partial charge in [0.15, 0.2) is 0 Å². The second-order valence-electron chi connectivity index (χ2n) is 5.71. The Bertz CT molecular complexity index is 1200. The molecule has 142 valence electrons. The van der Waals surface area contributed by atoms with E-state index in [2.05, 4.69) is 4.72 Å². The quantitative estimate of drug-likeness (QED) is 0.633. The first-order valence-corrected chi connectivity index (χ1v) is 9.27. The van der Waals surface area contributed by atoms with E-state index in [1.807, 2.05) is 0 Å². The standard InChI is InChI=1S/C17H11ClF3NO4S/c1-9-6-16(23)26-14-8-11(3-4-12(9)14)22-27(24,25)15-7-10(17(19,20)21)2-5-13(15)18/h2-8,22H,1H3. The van der Waals surface area contributed by atoms with Gasteiger partial charge in [0.25, 0.3) is 10.0 Å². The van der Waals surface area contributed by atoms with Crippen molar-refractivity contribution in [1.29, 1.82) is 0 Å². The van der Waals surface area contributed by atoms with E-state index in [1.54, 1.807) is 6.92 Å². The molecule has 3 rings (SSSR count). The average molecular weight is 418 g/mol. The SMILES string of the molecule is Cc1cc(=O)oc2cc(NS(=O)(=O)c3cc(C(F)(F)F)ccc3Cl)ccc12. The molecule has 5 nitrogen and oxygen atoms in total. The molecular formula is C17H11ClF3NO4S. The van der Waals surface area contributed by atoms with Crippen molar-refractivity contribution >= 4 is 38.3 Å². The molecule has 0 aliphatic carbocycles. The van der Waals surface area contributed by atoms with Crippen LogP contribution in [0.15, 0.2) is 56.6 Å². The zero-order valence-corrected chi connectivity index (χ0v) is 15.2. The van der Waals surface area contributed by atoms with Gasteiger partial charge in [-0.05, 0) is 42.8 Å². The van der Waals surface area contributed by atoms with E-state index in [4.69, 9.17) is 16.0 Å². The zero-order valence-electron chi connectivity index (χ0n) is 13.6.